The Morgan fingerprint density at radius 1 is 1.05 bits per heavy atom. The number of carboxylic acids is 1. The molecule has 1 fully saturated rings. The van der Waals surface area contributed by atoms with Gasteiger partial charge in [0.15, 0.2) is 11.6 Å². The molecule has 0 unspecified atom stereocenters. The van der Waals surface area contributed by atoms with Gasteiger partial charge in [-0.05, 0) is 65.1 Å². The van der Waals surface area contributed by atoms with Crippen LogP contribution in [0, 0.1) is 5.92 Å². The maximum atomic E-state index is 11.0. The second-order valence-electron chi connectivity index (χ2n) is 10.3. The Hall–Kier alpha value is -3.88. The lowest BCUT2D eigenvalue weighted by Gasteiger charge is -2.27. The summed E-state index contributed by atoms with van der Waals surface area (Å²) in [5.74, 6) is 3.01. The zero-order chi connectivity index (χ0) is 25.8. The molecule has 0 saturated heterocycles. The predicted molar refractivity (Wildman–Crippen MR) is 140 cm³/mol. The average Bonchev–Trinajstić information content (AvgIpc) is 3.59. The van der Waals surface area contributed by atoms with E-state index in [-0.39, 0.29) is 12.3 Å². The largest absolute Gasteiger partial charge is 0.481 e. The summed E-state index contributed by atoms with van der Waals surface area (Å²) < 4.78 is 2.08. The molecule has 0 radical (unpaired) electrons. The highest BCUT2D eigenvalue weighted by Crippen LogP contribution is 2.37. The lowest BCUT2D eigenvalue weighted by Crippen LogP contribution is -2.18. The van der Waals surface area contributed by atoms with Crippen molar-refractivity contribution in [2.75, 3.05) is 0 Å². The number of benzene rings is 2. The maximum absolute atomic E-state index is 11.0. The van der Waals surface area contributed by atoms with Gasteiger partial charge in [0.1, 0.15) is 5.82 Å². The molecular weight excluding hydrogens is 466 g/mol. The van der Waals surface area contributed by atoms with E-state index in [2.05, 4.69) is 69.5 Å². The van der Waals surface area contributed by atoms with Crippen molar-refractivity contribution in [3.8, 4) is 22.5 Å². The van der Waals surface area contributed by atoms with Crippen molar-refractivity contribution in [2.45, 2.75) is 70.8 Å². The smallest absolute Gasteiger partial charge is 0.303 e. The summed E-state index contributed by atoms with van der Waals surface area (Å²) in [6.07, 6.45) is 5.21. The van der Waals surface area contributed by atoms with Crippen LogP contribution >= 0.6 is 0 Å². The number of hydrogen-bond acceptors (Lipinski definition) is 6. The minimum absolute atomic E-state index is 0.261. The van der Waals surface area contributed by atoms with Crippen molar-refractivity contribution >= 4 is 5.97 Å². The third kappa shape index (κ3) is 5.76. The zero-order valence-corrected chi connectivity index (χ0v) is 21.3. The first kappa shape index (κ1) is 24.8. The first-order chi connectivity index (χ1) is 18.0. The van der Waals surface area contributed by atoms with E-state index >= 15 is 0 Å². The molecular formula is C28H33N7O2. The van der Waals surface area contributed by atoms with Crippen molar-refractivity contribution in [1.82, 2.24) is 35.4 Å². The van der Waals surface area contributed by atoms with E-state index in [0.29, 0.717) is 24.2 Å². The second kappa shape index (κ2) is 11.0. The second-order valence-corrected chi connectivity index (χ2v) is 10.3. The van der Waals surface area contributed by atoms with Crippen LogP contribution < -0.4 is 0 Å². The van der Waals surface area contributed by atoms with E-state index in [1.54, 1.807) is 0 Å². The van der Waals surface area contributed by atoms with Crippen molar-refractivity contribution in [3.05, 3.63) is 65.7 Å². The molecule has 9 nitrogen and oxygen atoms in total. The number of hydrogen-bond donors (Lipinski definition) is 2. The number of nitrogens with zero attached hydrogens (tertiary/aromatic N) is 6. The van der Waals surface area contributed by atoms with Crippen molar-refractivity contribution in [3.63, 3.8) is 0 Å². The van der Waals surface area contributed by atoms with Crippen LogP contribution in [0.1, 0.15) is 81.4 Å². The minimum atomic E-state index is -0.701. The summed E-state index contributed by atoms with van der Waals surface area (Å²) in [6.45, 7) is 4.92. The monoisotopic (exact) mass is 499 g/mol. The number of carboxylic acid groups (broad SMARTS) is 1. The molecule has 0 aliphatic heterocycles. The summed E-state index contributed by atoms with van der Waals surface area (Å²) in [4.78, 5) is 15.9. The van der Waals surface area contributed by atoms with E-state index < -0.39 is 5.97 Å². The van der Waals surface area contributed by atoms with Gasteiger partial charge in [0.2, 0.25) is 0 Å². The molecule has 2 aromatic carbocycles. The van der Waals surface area contributed by atoms with E-state index in [0.717, 1.165) is 60.4 Å². The van der Waals surface area contributed by atoms with Crippen molar-refractivity contribution in [1.29, 1.82) is 0 Å². The van der Waals surface area contributed by atoms with Crippen molar-refractivity contribution < 1.29 is 9.90 Å². The first-order valence-electron chi connectivity index (χ1n) is 13.1. The number of carbonyl (C=O) groups is 1. The highest BCUT2D eigenvalue weighted by Gasteiger charge is 2.27. The van der Waals surface area contributed by atoms with Gasteiger partial charge in [-0.25, -0.2) is 14.8 Å². The summed E-state index contributed by atoms with van der Waals surface area (Å²) >= 11 is 0. The van der Waals surface area contributed by atoms with Gasteiger partial charge < -0.3 is 5.11 Å². The summed E-state index contributed by atoms with van der Waals surface area (Å²) in [5.41, 5.74) is 4.28. The molecule has 0 spiro atoms. The quantitative estimate of drug-likeness (QED) is 0.314. The minimum Gasteiger partial charge on any atom is -0.481 e. The molecule has 37 heavy (non-hydrogen) atoms. The number of rotatable bonds is 9. The summed E-state index contributed by atoms with van der Waals surface area (Å²) in [6, 6.07) is 16.6. The fourth-order valence-electron chi connectivity index (χ4n) is 5.25. The van der Waals surface area contributed by atoms with Crippen LogP contribution in [0.2, 0.25) is 0 Å². The Kier molecular flexibility index (Phi) is 7.39. The number of aromatic nitrogens is 7. The lowest BCUT2D eigenvalue weighted by atomic mass is 9.79. The van der Waals surface area contributed by atoms with Crippen LogP contribution in [-0.2, 0) is 11.3 Å². The number of aromatic amines is 1. The third-order valence-electron chi connectivity index (χ3n) is 7.34. The number of H-pyrrole nitrogens is 1. The van der Waals surface area contributed by atoms with Crippen LogP contribution in [0.15, 0.2) is 48.5 Å². The van der Waals surface area contributed by atoms with E-state index in [9.17, 15) is 4.79 Å². The molecule has 2 N–H and O–H groups in total. The predicted octanol–water partition coefficient (Wildman–Crippen LogP) is 5.44. The molecule has 1 saturated carbocycles. The van der Waals surface area contributed by atoms with Crippen LogP contribution in [0.5, 0.6) is 0 Å². The van der Waals surface area contributed by atoms with Gasteiger partial charge in [-0.3, -0.25) is 4.79 Å². The first-order valence-corrected chi connectivity index (χ1v) is 13.1. The molecule has 0 atom stereocenters. The Morgan fingerprint density at radius 2 is 1.78 bits per heavy atom. The normalized spacial score (nSPS) is 17.8. The van der Waals surface area contributed by atoms with Gasteiger partial charge >= 0.3 is 5.97 Å². The number of nitrogens with one attached hydrogen (secondary N) is 1. The maximum Gasteiger partial charge on any atom is 0.303 e. The zero-order valence-electron chi connectivity index (χ0n) is 21.3. The standard InChI is InChI=1S/C28H33N7O2/c1-18(2)26-29-28(22-14-7-19(8-15-22)11-16-25(36)37)35(32-26)17-20-9-12-21(13-10-20)23-5-3-4-6-24(23)27-30-33-34-31-27/h3-6,9-10,12-13,18-19,22H,7-8,11,14-17H2,1-2H3,(H,36,37)(H,30,31,33,34). The van der Waals surface area contributed by atoms with E-state index in [4.69, 9.17) is 15.2 Å². The van der Waals surface area contributed by atoms with Gasteiger partial charge in [-0.1, -0.05) is 62.4 Å². The Balaban J connectivity index is 1.33. The van der Waals surface area contributed by atoms with Crippen LogP contribution in [0.3, 0.4) is 0 Å². The van der Waals surface area contributed by atoms with Crippen molar-refractivity contribution in [2.24, 2.45) is 5.92 Å². The molecule has 5 rings (SSSR count). The van der Waals surface area contributed by atoms with Gasteiger partial charge in [0.05, 0.1) is 6.54 Å². The Morgan fingerprint density at radius 3 is 2.43 bits per heavy atom. The molecule has 192 valence electrons. The summed E-state index contributed by atoms with van der Waals surface area (Å²) in [5, 5.41) is 28.3. The van der Waals surface area contributed by atoms with Crippen LogP contribution in [0.4, 0.5) is 0 Å². The molecule has 2 heterocycles. The number of tetrazole rings is 1. The lowest BCUT2D eigenvalue weighted by molar-refractivity contribution is -0.137. The Bertz CT molecular complexity index is 1320. The number of aliphatic carboxylic acids is 1. The van der Waals surface area contributed by atoms with Gasteiger partial charge in [-0.2, -0.15) is 5.10 Å². The van der Waals surface area contributed by atoms with Gasteiger partial charge in [0.25, 0.3) is 0 Å². The van der Waals surface area contributed by atoms with Crippen LogP contribution in [0.25, 0.3) is 22.5 Å². The average molecular weight is 500 g/mol. The fourth-order valence-corrected chi connectivity index (χ4v) is 5.25. The molecule has 2 aromatic heterocycles. The van der Waals surface area contributed by atoms with E-state index in [1.165, 1.54) is 5.56 Å². The molecule has 9 heteroatoms. The molecule has 0 amide bonds. The third-order valence-corrected chi connectivity index (χ3v) is 7.34. The van der Waals surface area contributed by atoms with Gasteiger partial charge in [-0.15, -0.1) is 5.10 Å². The molecule has 4 aromatic rings. The Labute approximate surface area is 216 Å². The molecule has 0 bridgehead atoms. The molecule has 1 aliphatic rings. The topological polar surface area (TPSA) is 122 Å². The fraction of sp³-hybridized carbons (Fsp3) is 0.429. The summed E-state index contributed by atoms with van der Waals surface area (Å²) in [7, 11) is 0. The highest BCUT2D eigenvalue weighted by molar-refractivity contribution is 5.80. The van der Waals surface area contributed by atoms with E-state index in [1.807, 2.05) is 18.2 Å². The SMILES string of the molecule is CC(C)c1nc(C2CCC(CCC(=O)O)CC2)n(Cc2ccc(-c3ccccc3-c3nnn[nH]3)cc2)n1. The molecule has 1 aliphatic carbocycles. The van der Waals surface area contributed by atoms with Crippen LogP contribution in [-0.4, -0.2) is 46.5 Å². The van der Waals surface area contributed by atoms with Gasteiger partial charge in [0, 0.05) is 23.8 Å². The highest BCUT2D eigenvalue weighted by atomic mass is 16.4.